The van der Waals surface area contributed by atoms with Crippen molar-refractivity contribution in [3.8, 4) is 11.5 Å². The van der Waals surface area contributed by atoms with Gasteiger partial charge in [0, 0.05) is 18.3 Å². The maximum atomic E-state index is 12.6. The van der Waals surface area contributed by atoms with E-state index < -0.39 is 5.91 Å². The summed E-state index contributed by atoms with van der Waals surface area (Å²) < 4.78 is 0. The number of benzene rings is 1. The summed E-state index contributed by atoms with van der Waals surface area (Å²) in [5.74, 6) is -0.667. The van der Waals surface area contributed by atoms with Crippen molar-refractivity contribution in [2.24, 2.45) is 0 Å². The third-order valence-corrected chi connectivity index (χ3v) is 4.59. The average Bonchev–Trinajstić information content (AvgIpc) is 3.30. The Bertz CT molecular complexity index is 1090. The average molecular weight is 390 g/mol. The lowest BCUT2D eigenvalue weighted by molar-refractivity contribution is 0.0652. The predicted octanol–water partition coefficient (Wildman–Crippen LogP) is 2.52. The Morgan fingerprint density at radius 2 is 1.97 bits per heavy atom. The van der Waals surface area contributed by atoms with Gasteiger partial charge in [0.05, 0.1) is 11.1 Å². The maximum Gasteiger partial charge on any atom is 0.261 e. The first-order valence-electron chi connectivity index (χ1n) is 9.24. The van der Waals surface area contributed by atoms with Gasteiger partial charge in [0.15, 0.2) is 5.82 Å². The number of amides is 3. The zero-order valence-electron chi connectivity index (χ0n) is 15.7. The largest absolute Gasteiger partial charge is 0.289 e. The van der Waals surface area contributed by atoms with Crippen molar-refractivity contribution in [3.05, 3.63) is 59.3 Å². The van der Waals surface area contributed by atoms with E-state index in [0.29, 0.717) is 23.6 Å². The molecule has 0 saturated heterocycles. The monoisotopic (exact) mass is 390 g/mol. The molecule has 0 unspecified atom stereocenters. The second-order valence-electron chi connectivity index (χ2n) is 6.55. The normalized spacial score (nSPS) is 12.9. The third-order valence-electron chi connectivity index (χ3n) is 4.59. The van der Waals surface area contributed by atoms with Crippen LogP contribution in [0.15, 0.2) is 42.6 Å². The second-order valence-corrected chi connectivity index (χ2v) is 6.55. The lowest BCUT2D eigenvalue weighted by Gasteiger charge is -2.12. The second kappa shape index (κ2) is 7.63. The molecule has 1 aliphatic rings. The van der Waals surface area contributed by atoms with Gasteiger partial charge in [-0.3, -0.25) is 34.7 Å². The Balaban J connectivity index is 1.51. The van der Waals surface area contributed by atoms with Gasteiger partial charge in [0.2, 0.25) is 5.95 Å². The van der Waals surface area contributed by atoms with Gasteiger partial charge >= 0.3 is 0 Å². The molecule has 0 saturated carbocycles. The van der Waals surface area contributed by atoms with Gasteiger partial charge in [-0.25, -0.2) is 0 Å². The summed E-state index contributed by atoms with van der Waals surface area (Å²) >= 11 is 0. The number of rotatable bonds is 6. The number of carbonyl (C=O) groups excluding carboxylic acids is 3. The highest BCUT2D eigenvalue weighted by atomic mass is 16.2. The molecule has 146 valence electrons. The third kappa shape index (κ3) is 3.49. The first-order valence-corrected chi connectivity index (χ1v) is 9.24. The van der Waals surface area contributed by atoms with E-state index in [4.69, 9.17) is 0 Å². The van der Waals surface area contributed by atoms with Gasteiger partial charge < -0.3 is 0 Å². The fraction of sp³-hybridized carbons (Fsp3) is 0.200. The van der Waals surface area contributed by atoms with Crippen LogP contribution in [0.2, 0.25) is 0 Å². The molecule has 3 amide bonds. The molecule has 1 aliphatic heterocycles. The number of aromatic nitrogens is 4. The Labute approximate surface area is 166 Å². The summed E-state index contributed by atoms with van der Waals surface area (Å²) in [5.41, 5.74) is 1.39. The summed E-state index contributed by atoms with van der Waals surface area (Å²) in [7, 11) is 0. The number of pyridine rings is 1. The Kier molecular flexibility index (Phi) is 4.86. The van der Waals surface area contributed by atoms with E-state index in [9.17, 15) is 14.4 Å². The van der Waals surface area contributed by atoms with Crippen molar-refractivity contribution in [3.63, 3.8) is 0 Å². The van der Waals surface area contributed by atoms with E-state index in [2.05, 4.69) is 25.5 Å². The molecular formula is C20H18N6O3. The van der Waals surface area contributed by atoms with Crippen molar-refractivity contribution in [1.82, 2.24) is 25.1 Å². The number of carbonyl (C=O) groups is 3. The molecule has 9 nitrogen and oxygen atoms in total. The SMILES string of the molecule is CCCCN1C(=O)c2ccc(C(=O)Nc3n[nH]c(-c4ccccn4)n3)cc2C1=O. The van der Waals surface area contributed by atoms with Gasteiger partial charge in [-0.05, 0) is 36.8 Å². The number of hydrogen-bond donors (Lipinski definition) is 2. The minimum atomic E-state index is -0.480. The zero-order chi connectivity index (χ0) is 20.4. The number of anilines is 1. The zero-order valence-corrected chi connectivity index (χ0v) is 15.7. The molecule has 4 rings (SSSR count). The van der Waals surface area contributed by atoms with E-state index in [-0.39, 0.29) is 28.9 Å². The standard InChI is InChI=1S/C20H18N6O3/c1-2-3-10-26-18(28)13-8-7-12(11-14(13)19(26)29)17(27)23-20-22-16(24-25-20)15-6-4-5-9-21-15/h4-9,11H,2-3,10H2,1H3,(H2,22,23,24,25,27). The van der Waals surface area contributed by atoms with Crippen LogP contribution in [-0.4, -0.2) is 49.3 Å². The number of H-pyrrole nitrogens is 1. The van der Waals surface area contributed by atoms with Crippen LogP contribution >= 0.6 is 0 Å². The molecule has 0 spiro atoms. The highest BCUT2D eigenvalue weighted by molar-refractivity contribution is 6.22. The molecule has 1 aromatic carbocycles. The van der Waals surface area contributed by atoms with Gasteiger partial charge in [0.1, 0.15) is 5.69 Å². The Hall–Kier alpha value is -3.88. The minimum absolute atomic E-state index is 0.0862. The quantitative estimate of drug-likeness (QED) is 0.624. The number of fused-ring (bicyclic) bond motifs is 1. The van der Waals surface area contributed by atoms with Gasteiger partial charge in [0.25, 0.3) is 17.7 Å². The van der Waals surface area contributed by atoms with Crippen LogP contribution in [0.1, 0.15) is 50.8 Å². The molecule has 0 aliphatic carbocycles. The summed E-state index contributed by atoms with van der Waals surface area (Å²) in [6, 6.07) is 9.81. The fourth-order valence-corrected chi connectivity index (χ4v) is 3.06. The molecule has 3 aromatic rings. The highest BCUT2D eigenvalue weighted by Crippen LogP contribution is 2.25. The maximum absolute atomic E-state index is 12.6. The van der Waals surface area contributed by atoms with Crippen molar-refractivity contribution in [1.29, 1.82) is 0 Å². The van der Waals surface area contributed by atoms with Crippen molar-refractivity contribution >= 4 is 23.7 Å². The lowest BCUT2D eigenvalue weighted by Crippen LogP contribution is -2.30. The van der Waals surface area contributed by atoms with E-state index in [0.717, 1.165) is 12.8 Å². The fourth-order valence-electron chi connectivity index (χ4n) is 3.06. The number of unbranched alkanes of at least 4 members (excludes halogenated alkanes) is 1. The summed E-state index contributed by atoms with van der Waals surface area (Å²) in [4.78, 5) is 47.1. The number of hydrogen-bond acceptors (Lipinski definition) is 6. The van der Waals surface area contributed by atoms with Gasteiger partial charge in [-0.2, -0.15) is 4.98 Å². The van der Waals surface area contributed by atoms with Crippen molar-refractivity contribution in [2.45, 2.75) is 19.8 Å². The molecule has 0 fully saturated rings. The smallest absolute Gasteiger partial charge is 0.261 e. The summed E-state index contributed by atoms with van der Waals surface area (Å²) in [5, 5.41) is 9.26. The van der Waals surface area contributed by atoms with Crippen LogP contribution in [0.25, 0.3) is 11.5 Å². The lowest BCUT2D eigenvalue weighted by atomic mass is 10.1. The van der Waals surface area contributed by atoms with Gasteiger partial charge in [-0.15, -0.1) is 5.10 Å². The molecule has 29 heavy (non-hydrogen) atoms. The van der Waals surface area contributed by atoms with Crippen LogP contribution in [0, 0.1) is 0 Å². The van der Waals surface area contributed by atoms with E-state index >= 15 is 0 Å². The Morgan fingerprint density at radius 3 is 2.72 bits per heavy atom. The van der Waals surface area contributed by atoms with E-state index in [1.807, 2.05) is 13.0 Å². The molecule has 2 N–H and O–H groups in total. The van der Waals surface area contributed by atoms with Crippen LogP contribution in [0.4, 0.5) is 5.95 Å². The first-order chi connectivity index (χ1) is 14.1. The number of aromatic amines is 1. The molecule has 0 atom stereocenters. The molecule has 0 radical (unpaired) electrons. The topological polar surface area (TPSA) is 121 Å². The molecule has 3 heterocycles. The van der Waals surface area contributed by atoms with E-state index in [1.54, 1.807) is 18.3 Å². The van der Waals surface area contributed by atoms with Gasteiger partial charge in [-0.1, -0.05) is 19.4 Å². The highest BCUT2D eigenvalue weighted by Gasteiger charge is 2.35. The molecule has 0 bridgehead atoms. The van der Waals surface area contributed by atoms with Crippen LogP contribution in [0.5, 0.6) is 0 Å². The first kappa shape index (κ1) is 18.5. The minimum Gasteiger partial charge on any atom is -0.289 e. The predicted molar refractivity (Wildman–Crippen MR) is 104 cm³/mol. The summed E-state index contributed by atoms with van der Waals surface area (Å²) in [6.45, 7) is 2.36. The molecule has 9 heteroatoms. The van der Waals surface area contributed by atoms with Crippen LogP contribution in [-0.2, 0) is 0 Å². The number of nitrogens with zero attached hydrogens (tertiary/aromatic N) is 4. The van der Waals surface area contributed by atoms with Crippen molar-refractivity contribution in [2.75, 3.05) is 11.9 Å². The van der Waals surface area contributed by atoms with Crippen LogP contribution in [0.3, 0.4) is 0 Å². The summed E-state index contributed by atoms with van der Waals surface area (Å²) in [6.07, 6.45) is 3.24. The number of nitrogens with one attached hydrogen (secondary N) is 2. The molecular weight excluding hydrogens is 372 g/mol. The van der Waals surface area contributed by atoms with Crippen molar-refractivity contribution < 1.29 is 14.4 Å². The molecule has 2 aromatic heterocycles. The van der Waals surface area contributed by atoms with E-state index in [1.165, 1.54) is 23.1 Å². The Morgan fingerprint density at radius 1 is 1.14 bits per heavy atom. The number of imide groups is 1. The van der Waals surface area contributed by atoms with Crippen LogP contribution < -0.4 is 5.32 Å².